The molecule has 0 saturated carbocycles. The highest BCUT2D eigenvalue weighted by atomic mass is 16.5. The Hall–Kier alpha value is -5.50. The van der Waals surface area contributed by atoms with Gasteiger partial charge >= 0.3 is 0 Å². The van der Waals surface area contributed by atoms with Crippen molar-refractivity contribution in [1.82, 2.24) is 0 Å². The molecule has 8 nitrogen and oxygen atoms in total. The molecule has 5 aromatic rings. The topological polar surface area (TPSA) is 118 Å². The number of aromatic hydroxyl groups is 4. The fourth-order valence-corrected chi connectivity index (χ4v) is 7.46. The molecular formula is C40H38O8. The van der Waals surface area contributed by atoms with E-state index in [1.165, 1.54) is 7.11 Å². The van der Waals surface area contributed by atoms with Gasteiger partial charge in [0.15, 0.2) is 11.5 Å². The molecule has 2 aliphatic rings. The minimum atomic E-state index is -0.440. The summed E-state index contributed by atoms with van der Waals surface area (Å²) in [5.74, 6) is 2.65. The van der Waals surface area contributed by atoms with Crippen LogP contribution in [0.2, 0.25) is 0 Å². The average Bonchev–Trinajstić information content (AvgIpc) is 3.46. The van der Waals surface area contributed by atoms with Crippen molar-refractivity contribution in [2.24, 2.45) is 0 Å². The van der Waals surface area contributed by atoms with Gasteiger partial charge in [0.1, 0.15) is 40.6 Å². The quantitative estimate of drug-likeness (QED) is 0.130. The highest BCUT2D eigenvalue weighted by Gasteiger charge is 2.40. The first-order chi connectivity index (χ1) is 23.3. The number of fused-ring (bicyclic) bond motifs is 5. The van der Waals surface area contributed by atoms with Gasteiger partial charge in [-0.15, -0.1) is 0 Å². The van der Waals surface area contributed by atoms with Gasteiger partial charge in [-0.05, 0) is 114 Å². The number of benzene rings is 5. The van der Waals surface area contributed by atoms with Crippen LogP contribution in [-0.2, 0) is 32.1 Å². The van der Waals surface area contributed by atoms with Crippen molar-refractivity contribution in [3.8, 4) is 57.1 Å². The Labute approximate surface area is 279 Å². The second kappa shape index (κ2) is 12.6. The van der Waals surface area contributed by atoms with Gasteiger partial charge in [-0.3, -0.25) is 0 Å². The third kappa shape index (κ3) is 5.57. The zero-order chi connectivity index (χ0) is 33.5. The maximum atomic E-state index is 11.5. The fraction of sp³-hybridized carbons (Fsp3) is 0.250. The van der Waals surface area contributed by atoms with Gasteiger partial charge in [-0.25, -0.2) is 0 Å². The van der Waals surface area contributed by atoms with E-state index in [9.17, 15) is 20.4 Å². The minimum Gasteiger partial charge on any atom is -0.508 e. The molecule has 1 aliphatic carbocycles. The molecule has 5 aromatic carbocycles. The van der Waals surface area contributed by atoms with Crippen molar-refractivity contribution < 1.29 is 39.4 Å². The van der Waals surface area contributed by atoms with Gasteiger partial charge in [0, 0.05) is 29.2 Å². The van der Waals surface area contributed by atoms with E-state index in [0.717, 1.165) is 68.7 Å². The lowest BCUT2D eigenvalue weighted by molar-refractivity contribution is 0.207. The number of rotatable bonds is 9. The standard InChI is InChI=1S/C40H38O8/c1-45-28-17-23(8-7-22-5-4-6-26(41)15-22)31(34(44)20-28)21-32-39-30-11-9-24-16-27(42)19-37(47-3)38(24)29(30)12-14-35(39)48-40(32)25-10-13-33(43)36(18-25)46-2/h4-6,10,12-20,32,40-44H,7-9,11,21H2,1-3H3/t32-,40+/m1/s1. The zero-order valence-electron chi connectivity index (χ0n) is 27.1. The summed E-state index contributed by atoms with van der Waals surface area (Å²) >= 11 is 0. The highest BCUT2D eigenvalue weighted by molar-refractivity contribution is 5.82. The lowest BCUT2D eigenvalue weighted by Crippen LogP contribution is -2.16. The molecule has 7 rings (SSSR count). The van der Waals surface area contributed by atoms with Crippen LogP contribution in [0, 0.1) is 0 Å². The number of ether oxygens (including phenoxy) is 4. The van der Waals surface area contributed by atoms with Crippen LogP contribution in [0.3, 0.4) is 0 Å². The van der Waals surface area contributed by atoms with E-state index in [4.69, 9.17) is 18.9 Å². The maximum Gasteiger partial charge on any atom is 0.160 e. The monoisotopic (exact) mass is 646 g/mol. The molecular weight excluding hydrogens is 608 g/mol. The lowest BCUT2D eigenvalue weighted by atomic mass is 9.76. The predicted molar refractivity (Wildman–Crippen MR) is 182 cm³/mol. The third-order valence-electron chi connectivity index (χ3n) is 9.69. The van der Waals surface area contributed by atoms with E-state index in [-0.39, 0.29) is 28.9 Å². The first-order valence-electron chi connectivity index (χ1n) is 16.0. The molecule has 8 heteroatoms. The van der Waals surface area contributed by atoms with Crippen LogP contribution in [0.4, 0.5) is 0 Å². The molecule has 0 aromatic heterocycles. The summed E-state index contributed by atoms with van der Waals surface area (Å²) in [7, 11) is 4.72. The largest absolute Gasteiger partial charge is 0.508 e. The Kier molecular flexibility index (Phi) is 8.17. The summed E-state index contributed by atoms with van der Waals surface area (Å²) in [5.41, 5.74) is 8.81. The van der Waals surface area contributed by atoms with Gasteiger partial charge in [-0.1, -0.05) is 24.3 Å². The maximum absolute atomic E-state index is 11.5. The van der Waals surface area contributed by atoms with Gasteiger partial charge in [0.25, 0.3) is 0 Å². The first-order valence-corrected chi connectivity index (χ1v) is 16.0. The fourth-order valence-electron chi connectivity index (χ4n) is 7.46. The molecule has 0 saturated heterocycles. The Morgan fingerprint density at radius 1 is 0.729 bits per heavy atom. The summed E-state index contributed by atoms with van der Waals surface area (Å²) in [4.78, 5) is 0. The highest BCUT2D eigenvalue weighted by Crippen LogP contribution is 2.55. The lowest BCUT2D eigenvalue weighted by Gasteiger charge is -2.27. The van der Waals surface area contributed by atoms with Gasteiger partial charge in [-0.2, -0.15) is 0 Å². The van der Waals surface area contributed by atoms with Crippen molar-refractivity contribution in [3.63, 3.8) is 0 Å². The summed E-state index contributed by atoms with van der Waals surface area (Å²) in [6.45, 7) is 0. The van der Waals surface area contributed by atoms with Crippen LogP contribution in [0.5, 0.6) is 46.0 Å². The van der Waals surface area contributed by atoms with Crippen molar-refractivity contribution >= 4 is 0 Å². The second-order valence-electron chi connectivity index (χ2n) is 12.4. The number of aryl methyl sites for hydroxylation is 3. The van der Waals surface area contributed by atoms with Crippen LogP contribution < -0.4 is 18.9 Å². The summed E-state index contributed by atoms with van der Waals surface area (Å²) < 4.78 is 23.6. The number of phenolic OH excluding ortho intramolecular Hbond substituents is 4. The minimum absolute atomic E-state index is 0.0414. The van der Waals surface area contributed by atoms with Gasteiger partial charge in [0.2, 0.25) is 0 Å². The molecule has 246 valence electrons. The molecule has 1 aliphatic heterocycles. The van der Waals surface area contributed by atoms with Crippen LogP contribution >= 0.6 is 0 Å². The molecule has 1 heterocycles. The van der Waals surface area contributed by atoms with Crippen LogP contribution in [-0.4, -0.2) is 41.8 Å². The molecule has 0 bridgehead atoms. The number of methoxy groups -OCH3 is 3. The summed E-state index contributed by atoms with van der Waals surface area (Å²) in [5, 5.41) is 42.4. The smallest absolute Gasteiger partial charge is 0.160 e. The average molecular weight is 647 g/mol. The number of phenols is 4. The SMILES string of the molecule is COc1cc(O)c(C[C@@H]2c3c(ccc4c3CCc3cc(O)cc(OC)c3-4)O[C@H]2c2ccc(O)c(OC)c2)c(CCc2cccc(O)c2)c1. The number of hydrogen-bond acceptors (Lipinski definition) is 8. The van der Waals surface area contributed by atoms with E-state index < -0.39 is 6.10 Å². The summed E-state index contributed by atoms with van der Waals surface area (Å²) in [6, 6.07) is 23.6. The van der Waals surface area contributed by atoms with Gasteiger partial charge in [0.05, 0.1) is 21.3 Å². The summed E-state index contributed by atoms with van der Waals surface area (Å²) in [6.07, 6.45) is 2.75. The van der Waals surface area contributed by atoms with E-state index in [1.54, 1.807) is 44.6 Å². The Morgan fingerprint density at radius 3 is 2.33 bits per heavy atom. The van der Waals surface area contributed by atoms with E-state index >= 15 is 0 Å². The van der Waals surface area contributed by atoms with Crippen molar-refractivity contribution in [2.75, 3.05) is 21.3 Å². The predicted octanol–water partition coefficient (Wildman–Crippen LogP) is 7.55. The molecule has 48 heavy (non-hydrogen) atoms. The Balaban J connectivity index is 1.37. The van der Waals surface area contributed by atoms with E-state index in [0.29, 0.717) is 36.5 Å². The van der Waals surface area contributed by atoms with E-state index in [1.807, 2.05) is 42.5 Å². The molecule has 0 spiro atoms. The molecule has 2 atom stereocenters. The van der Waals surface area contributed by atoms with Crippen molar-refractivity contribution in [2.45, 2.75) is 44.1 Å². The normalized spacial score (nSPS) is 16.0. The van der Waals surface area contributed by atoms with Crippen LogP contribution in [0.25, 0.3) is 11.1 Å². The second-order valence-corrected chi connectivity index (χ2v) is 12.4. The molecule has 0 unspecified atom stereocenters. The zero-order valence-corrected chi connectivity index (χ0v) is 27.1. The molecule has 0 radical (unpaired) electrons. The number of hydrogen-bond donors (Lipinski definition) is 4. The molecule has 0 fully saturated rings. The Morgan fingerprint density at radius 2 is 1.56 bits per heavy atom. The van der Waals surface area contributed by atoms with Crippen molar-refractivity contribution in [3.05, 3.63) is 118 Å². The van der Waals surface area contributed by atoms with Crippen LogP contribution in [0.15, 0.2) is 78.9 Å². The molecule has 0 amide bonds. The van der Waals surface area contributed by atoms with Gasteiger partial charge < -0.3 is 39.4 Å². The first kappa shape index (κ1) is 31.1. The Bertz CT molecular complexity index is 2000. The third-order valence-corrected chi connectivity index (χ3v) is 9.69. The van der Waals surface area contributed by atoms with Crippen molar-refractivity contribution in [1.29, 1.82) is 0 Å². The molecule has 4 N–H and O–H groups in total. The van der Waals surface area contributed by atoms with E-state index in [2.05, 4.69) is 6.07 Å². The van der Waals surface area contributed by atoms with Crippen LogP contribution in [0.1, 0.15) is 51.0 Å².